The number of methoxy groups -OCH3 is 1. The van der Waals surface area contributed by atoms with Gasteiger partial charge >= 0.3 is 0 Å². The summed E-state index contributed by atoms with van der Waals surface area (Å²) in [5.41, 5.74) is 7.25. The van der Waals surface area contributed by atoms with Gasteiger partial charge in [0.05, 0.1) is 18.1 Å². The molecule has 0 unspecified atom stereocenters. The minimum Gasteiger partial charge on any atom is -0.399 e. The van der Waals surface area contributed by atoms with E-state index in [0.717, 1.165) is 5.56 Å². The van der Waals surface area contributed by atoms with Gasteiger partial charge in [0.15, 0.2) is 9.84 Å². The molecule has 0 atom stereocenters. The molecule has 0 aliphatic carbocycles. The standard InChI is InChI=1S/C11H17NO3S/c1-15-7-9-16(13,14)8-6-10-4-2-3-5-11(10)12/h2-5H,6-9,12H2,1H3. The second-order valence-corrected chi connectivity index (χ2v) is 5.90. The summed E-state index contributed by atoms with van der Waals surface area (Å²) in [6.45, 7) is 0.243. The Balaban J connectivity index is 2.55. The molecule has 0 saturated carbocycles. The number of anilines is 1. The average molecular weight is 243 g/mol. The lowest BCUT2D eigenvalue weighted by molar-refractivity contribution is 0.217. The molecule has 0 spiro atoms. The number of hydrogen-bond acceptors (Lipinski definition) is 4. The van der Waals surface area contributed by atoms with Gasteiger partial charge in [-0.25, -0.2) is 8.42 Å². The zero-order valence-corrected chi connectivity index (χ0v) is 10.2. The summed E-state index contributed by atoms with van der Waals surface area (Å²) >= 11 is 0. The minimum absolute atomic E-state index is 0.0657. The molecule has 90 valence electrons. The first-order chi connectivity index (χ1) is 7.55. The van der Waals surface area contributed by atoms with Crippen LogP contribution in [0.1, 0.15) is 5.56 Å². The molecule has 1 rings (SSSR count). The van der Waals surface area contributed by atoms with Crippen LogP contribution in [0.5, 0.6) is 0 Å². The largest absolute Gasteiger partial charge is 0.399 e. The van der Waals surface area contributed by atoms with Crippen LogP contribution in [0.3, 0.4) is 0 Å². The molecular weight excluding hydrogens is 226 g/mol. The minimum atomic E-state index is -3.04. The van der Waals surface area contributed by atoms with Gasteiger partial charge in [-0.05, 0) is 18.1 Å². The van der Waals surface area contributed by atoms with Crippen molar-refractivity contribution < 1.29 is 13.2 Å². The number of rotatable bonds is 6. The fourth-order valence-corrected chi connectivity index (χ4v) is 2.50. The average Bonchev–Trinajstić information content (AvgIpc) is 2.26. The van der Waals surface area contributed by atoms with Crippen molar-refractivity contribution in [2.24, 2.45) is 0 Å². The van der Waals surface area contributed by atoms with E-state index in [-0.39, 0.29) is 18.1 Å². The monoisotopic (exact) mass is 243 g/mol. The van der Waals surface area contributed by atoms with Gasteiger partial charge in [0.2, 0.25) is 0 Å². The summed E-state index contributed by atoms with van der Waals surface area (Å²) in [6.07, 6.45) is 0.457. The smallest absolute Gasteiger partial charge is 0.152 e. The maximum atomic E-state index is 11.6. The Hall–Kier alpha value is -1.07. The number of sulfone groups is 1. The summed E-state index contributed by atoms with van der Waals surface area (Å²) in [4.78, 5) is 0. The third kappa shape index (κ3) is 4.20. The van der Waals surface area contributed by atoms with Crippen molar-refractivity contribution >= 4 is 15.5 Å². The summed E-state index contributed by atoms with van der Waals surface area (Å²) in [7, 11) is -1.55. The Labute approximate surface area is 96.3 Å². The maximum absolute atomic E-state index is 11.6. The van der Waals surface area contributed by atoms with Crippen molar-refractivity contribution in [1.29, 1.82) is 0 Å². The van der Waals surface area contributed by atoms with Gasteiger partial charge in [0.1, 0.15) is 0 Å². The van der Waals surface area contributed by atoms with Crippen LogP contribution in [-0.2, 0) is 21.0 Å². The zero-order valence-electron chi connectivity index (χ0n) is 9.35. The van der Waals surface area contributed by atoms with E-state index in [1.54, 1.807) is 6.07 Å². The molecule has 0 aliphatic rings. The molecule has 0 aromatic heterocycles. The van der Waals surface area contributed by atoms with Crippen molar-refractivity contribution in [2.75, 3.05) is 31.0 Å². The predicted octanol–water partition coefficient (Wildman–Crippen LogP) is 0.872. The molecule has 0 aliphatic heterocycles. The molecule has 0 bridgehead atoms. The number of ether oxygens (including phenoxy) is 1. The number of hydrogen-bond donors (Lipinski definition) is 1. The van der Waals surface area contributed by atoms with Crippen LogP contribution in [0, 0.1) is 0 Å². The van der Waals surface area contributed by atoms with E-state index < -0.39 is 9.84 Å². The van der Waals surface area contributed by atoms with Crippen molar-refractivity contribution in [3.05, 3.63) is 29.8 Å². The van der Waals surface area contributed by atoms with Gasteiger partial charge in [-0.2, -0.15) is 0 Å². The van der Waals surface area contributed by atoms with Gasteiger partial charge in [0, 0.05) is 12.8 Å². The van der Waals surface area contributed by atoms with E-state index in [4.69, 9.17) is 10.5 Å². The second kappa shape index (κ2) is 5.86. The Morgan fingerprint density at radius 2 is 1.94 bits per heavy atom. The van der Waals surface area contributed by atoms with E-state index in [1.165, 1.54) is 7.11 Å². The van der Waals surface area contributed by atoms with Gasteiger partial charge in [-0.3, -0.25) is 0 Å². The van der Waals surface area contributed by atoms with Crippen LogP contribution >= 0.6 is 0 Å². The molecule has 5 heteroatoms. The Morgan fingerprint density at radius 1 is 1.25 bits per heavy atom. The molecule has 1 aromatic carbocycles. The molecule has 4 nitrogen and oxygen atoms in total. The topological polar surface area (TPSA) is 69.4 Å². The highest BCUT2D eigenvalue weighted by atomic mass is 32.2. The van der Waals surface area contributed by atoms with E-state index in [2.05, 4.69) is 0 Å². The molecule has 0 heterocycles. The van der Waals surface area contributed by atoms with Crippen LogP contribution in [0.15, 0.2) is 24.3 Å². The van der Waals surface area contributed by atoms with Crippen molar-refractivity contribution in [3.8, 4) is 0 Å². The maximum Gasteiger partial charge on any atom is 0.152 e. The zero-order chi connectivity index (χ0) is 12.0. The predicted molar refractivity (Wildman–Crippen MR) is 65.1 cm³/mol. The lowest BCUT2D eigenvalue weighted by Crippen LogP contribution is -2.16. The molecule has 0 amide bonds. The van der Waals surface area contributed by atoms with Crippen LogP contribution in [0.2, 0.25) is 0 Å². The molecule has 16 heavy (non-hydrogen) atoms. The van der Waals surface area contributed by atoms with Crippen molar-refractivity contribution in [2.45, 2.75) is 6.42 Å². The van der Waals surface area contributed by atoms with Gasteiger partial charge in [-0.1, -0.05) is 18.2 Å². The van der Waals surface area contributed by atoms with Crippen LogP contribution < -0.4 is 5.73 Å². The molecular formula is C11H17NO3S. The third-order valence-corrected chi connectivity index (χ3v) is 3.95. The quantitative estimate of drug-likeness (QED) is 0.753. The summed E-state index contributed by atoms with van der Waals surface area (Å²) in [5, 5.41) is 0. The number of nitrogen functional groups attached to an aromatic ring is 1. The highest BCUT2D eigenvalue weighted by Crippen LogP contribution is 2.12. The highest BCUT2D eigenvalue weighted by Gasteiger charge is 2.11. The summed E-state index contributed by atoms with van der Waals surface area (Å²) in [5.74, 6) is 0.181. The number of para-hydroxylation sites is 1. The van der Waals surface area contributed by atoms with E-state index in [0.29, 0.717) is 12.1 Å². The lowest BCUT2D eigenvalue weighted by Gasteiger charge is -2.06. The first-order valence-corrected chi connectivity index (χ1v) is 6.90. The van der Waals surface area contributed by atoms with Gasteiger partial charge < -0.3 is 10.5 Å². The Bertz CT molecular complexity index is 429. The summed E-state index contributed by atoms with van der Waals surface area (Å²) < 4.78 is 27.9. The van der Waals surface area contributed by atoms with Crippen molar-refractivity contribution in [1.82, 2.24) is 0 Å². The van der Waals surface area contributed by atoms with Crippen LogP contribution in [0.4, 0.5) is 5.69 Å². The molecule has 1 aromatic rings. The molecule has 2 N–H and O–H groups in total. The number of nitrogens with two attached hydrogens (primary N) is 1. The number of aryl methyl sites for hydroxylation is 1. The number of benzene rings is 1. The van der Waals surface area contributed by atoms with E-state index in [9.17, 15) is 8.42 Å². The Morgan fingerprint density at radius 3 is 2.56 bits per heavy atom. The first kappa shape index (κ1) is 13.0. The SMILES string of the molecule is COCCS(=O)(=O)CCc1ccccc1N. The van der Waals surface area contributed by atoms with Crippen molar-refractivity contribution in [3.63, 3.8) is 0 Å². The fraction of sp³-hybridized carbons (Fsp3) is 0.455. The molecule has 0 saturated heterocycles. The Kier molecular flexibility index (Phi) is 4.76. The van der Waals surface area contributed by atoms with E-state index >= 15 is 0 Å². The molecule has 0 fully saturated rings. The molecule has 0 radical (unpaired) electrons. The normalized spacial score (nSPS) is 11.6. The van der Waals surface area contributed by atoms with Gasteiger partial charge in [-0.15, -0.1) is 0 Å². The second-order valence-electron chi connectivity index (χ2n) is 3.59. The van der Waals surface area contributed by atoms with E-state index in [1.807, 2.05) is 18.2 Å². The van der Waals surface area contributed by atoms with Gasteiger partial charge in [0.25, 0.3) is 0 Å². The van der Waals surface area contributed by atoms with Crippen LogP contribution in [0.25, 0.3) is 0 Å². The third-order valence-electron chi connectivity index (χ3n) is 2.34. The fourth-order valence-electron chi connectivity index (χ4n) is 1.34. The lowest BCUT2D eigenvalue weighted by atomic mass is 10.1. The van der Waals surface area contributed by atoms with Crippen LogP contribution in [-0.4, -0.2) is 33.6 Å². The highest BCUT2D eigenvalue weighted by molar-refractivity contribution is 7.91. The first-order valence-electron chi connectivity index (χ1n) is 5.08. The summed E-state index contributed by atoms with van der Waals surface area (Å²) in [6, 6.07) is 7.31.